The van der Waals surface area contributed by atoms with Crippen molar-refractivity contribution < 1.29 is 13.2 Å². The molecular weight excluding hydrogens is 416 g/mol. The van der Waals surface area contributed by atoms with Crippen LogP contribution in [0.15, 0.2) is 42.6 Å². The minimum Gasteiger partial charge on any atom is -0.328 e. The van der Waals surface area contributed by atoms with Crippen LogP contribution in [0.4, 0.5) is 18.9 Å². The van der Waals surface area contributed by atoms with Crippen LogP contribution in [0.5, 0.6) is 0 Å². The summed E-state index contributed by atoms with van der Waals surface area (Å²) in [5, 5.41) is 0. The van der Waals surface area contributed by atoms with Crippen LogP contribution >= 0.6 is 22.6 Å². The zero-order chi connectivity index (χ0) is 16.8. The lowest BCUT2D eigenvalue weighted by molar-refractivity contribution is -0.137. The number of rotatable bonds is 1. The molecule has 0 aliphatic carbocycles. The Balaban J connectivity index is 2.03. The molecule has 1 heterocycles. The van der Waals surface area contributed by atoms with Crippen LogP contribution in [0.3, 0.4) is 0 Å². The van der Waals surface area contributed by atoms with E-state index >= 15 is 0 Å². The van der Waals surface area contributed by atoms with Crippen LogP contribution in [0.25, 0.3) is 6.08 Å². The van der Waals surface area contributed by atoms with Gasteiger partial charge in [-0.25, -0.2) is 0 Å². The Hall–Kier alpha value is -1.54. The third-order valence-electron chi connectivity index (χ3n) is 3.90. The molecule has 2 aromatic rings. The number of alkyl halides is 3. The largest absolute Gasteiger partial charge is 0.416 e. The normalized spacial score (nSPS) is 17.3. The molecule has 0 spiro atoms. The number of fused-ring (bicyclic) bond motifs is 1. The number of nitrogens with two attached hydrogens (primary N) is 1. The summed E-state index contributed by atoms with van der Waals surface area (Å²) < 4.78 is 39.8. The van der Waals surface area contributed by atoms with Crippen molar-refractivity contribution in [2.24, 2.45) is 5.73 Å². The molecule has 1 aliphatic rings. The standard InChI is InChI=1S/C17H14F3IN2/c1-10-5-6-14-13(15(10)21)7-8-23(16(14)22)12-4-2-3-11(9-12)17(18,19)20/h2-9,16H,22H2,1H3. The van der Waals surface area contributed by atoms with Crippen LogP contribution in [0.1, 0.15) is 28.4 Å². The second kappa shape index (κ2) is 5.83. The van der Waals surface area contributed by atoms with Crippen LogP contribution in [0, 0.1) is 10.5 Å². The van der Waals surface area contributed by atoms with Gasteiger partial charge in [-0.15, -0.1) is 0 Å². The van der Waals surface area contributed by atoms with Gasteiger partial charge in [0.25, 0.3) is 0 Å². The van der Waals surface area contributed by atoms with E-state index in [-0.39, 0.29) is 0 Å². The minimum absolute atomic E-state index is 0.421. The van der Waals surface area contributed by atoms with Gasteiger partial charge in [0.05, 0.1) is 5.56 Å². The molecule has 2 N–H and O–H groups in total. The average Bonchev–Trinajstić information content (AvgIpc) is 2.51. The molecule has 0 bridgehead atoms. The number of anilines is 1. The summed E-state index contributed by atoms with van der Waals surface area (Å²) in [7, 11) is 0. The lowest BCUT2D eigenvalue weighted by Crippen LogP contribution is -2.33. The number of nitrogens with zero attached hydrogens (tertiary/aromatic N) is 1. The molecule has 120 valence electrons. The maximum Gasteiger partial charge on any atom is 0.416 e. The first-order valence-corrected chi connectivity index (χ1v) is 8.05. The van der Waals surface area contributed by atoms with Gasteiger partial charge >= 0.3 is 6.18 Å². The summed E-state index contributed by atoms with van der Waals surface area (Å²) in [6.45, 7) is 2.01. The quantitative estimate of drug-likeness (QED) is 0.641. The summed E-state index contributed by atoms with van der Waals surface area (Å²) >= 11 is 2.26. The average molecular weight is 430 g/mol. The van der Waals surface area contributed by atoms with Crippen molar-refractivity contribution in [1.82, 2.24) is 0 Å². The van der Waals surface area contributed by atoms with Crippen LogP contribution < -0.4 is 10.6 Å². The van der Waals surface area contributed by atoms with E-state index in [4.69, 9.17) is 5.73 Å². The van der Waals surface area contributed by atoms with Gasteiger partial charge in [0.2, 0.25) is 0 Å². The van der Waals surface area contributed by atoms with Crippen LogP contribution in [-0.2, 0) is 6.18 Å². The summed E-state index contributed by atoms with van der Waals surface area (Å²) in [5.74, 6) is 0. The zero-order valence-corrected chi connectivity index (χ0v) is 14.4. The molecule has 23 heavy (non-hydrogen) atoms. The summed E-state index contributed by atoms with van der Waals surface area (Å²) in [6, 6.07) is 9.11. The van der Waals surface area contributed by atoms with Gasteiger partial charge < -0.3 is 10.6 Å². The molecular formula is C17H14F3IN2. The molecule has 0 saturated heterocycles. The molecule has 1 unspecified atom stereocenters. The van der Waals surface area contributed by atoms with Gasteiger partial charge in [-0.1, -0.05) is 18.2 Å². The molecule has 0 radical (unpaired) electrons. The molecule has 6 heteroatoms. The van der Waals surface area contributed by atoms with E-state index in [1.165, 1.54) is 6.07 Å². The van der Waals surface area contributed by atoms with Crippen LogP contribution in [-0.4, -0.2) is 0 Å². The van der Waals surface area contributed by atoms with Crippen molar-refractivity contribution in [1.29, 1.82) is 0 Å². The first kappa shape index (κ1) is 16.3. The molecule has 0 fully saturated rings. The van der Waals surface area contributed by atoms with E-state index in [9.17, 15) is 13.2 Å². The first-order chi connectivity index (χ1) is 10.8. The van der Waals surface area contributed by atoms with Crippen molar-refractivity contribution in [3.8, 4) is 0 Å². The van der Waals surface area contributed by atoms with Crippen molar-refractivity contribution in [2.45, 2.75) is 19.3 Å². The maximum absolute atomic E-state index is 12.9. The van der Waals surface area contributed by atoms with E-state index in [2.05, 4.69) is 22.6 Å². The SMILES string of the molecule is Cc1ccc2c(c1I)C=CN(c1cccc(C(F)(F)F)c1)C2N. The highest BCUT2D eigenvalue weighted by molar-refractivity contribution is 14.1. The molecule has 1 aliphatic heterocycles. The number of benzene rings is 2. The minimum atomic E-state index is -4.37. The highest BCUT2D eigenvalue weighted by Gasteiger charge is 2.31. The second-order valence-corrected chi connectivity index (χ2v) is 6.49. The third kappa shape index (κ3) is 2.97. The first-order valence-electron chi connectivity index (χ1n) is 6.97. The Morgan fingerprint density at radius 3 is 2.61 bits per heavy atom. The topological polar surface area (TPSA) is 29.3 Å². The van der Waals surface area contributed by atoms with Gasteiger partial charge in [-0.3, -0.25) is 0 Å². The van der Waals surface area contributed by atoms with Gasteiger partial charge in [-0.2, -0.15) is 13.2 Å². The Morgan fingerprint density at radius 2 is 1.91 bits per heavy atom. The van der Waals surface area contributed by atoms with E-state index in [0.717, 1.165) is 32.4 Å². The van der Waals surface area contributed by atoms with E-state index < -0.39 is 17.9 Å². The highest BCUT2D eigenvalue weighted by atomic mass is 127. The summed E-state index contributed by atoms with van der Waals surface area (Å²) in [6.07, 6.45) is -1.26. The number of hydrogen-bond acceptors (Lipinski definition) is 2. The van der Waals surface area contributed by atoms with E-state index in [1.807, 2.05) is 25.1 Å². The Bertz CT molecular complexity index is 784. The molecule has 0 aromatic heterocycles. The second-order valence-electron chi connectivity index (χ2n) is 5.42. The highest BCUT2D eigenvalue weighted by Crippen LogP contribution is 2.37. The smallest absolute Gasteiger partial charge is 0.328 e. The van der Waals surface area contributed by atoms with Gasteiger partial charge in [-0.05, 0) is 70.5 Å². The monoisotopic (exact) mass is 430 g/mol. The van der Waals surface area contributed by atoms with Crippen molar-refractivity contribution >= 4 is 34.4 Å². The summed E-state index contributed by atoms with van der Waals surface area (Å²) in [4.78, 5) is 1.66. The Labute approximate surface area is 145 Å². The zero-order valence-electron chi connectivity index (χ0n) is 12.2. The lowest BCUT2D eigenvalue weighted by Gasteiger charge is -2.33. The van der Waals surface area contributed by atoms with Crippen LogP contribution in [0.2, 0.25) is 0 Å². The molecule has 0 amide bonds. The molecule has 2 aromatic carbocycles. The maximum atomic E-state index is 12.9. The van der Waals surface area contributed by atoms with Crippen molar-refractivity contribution in [3.05, 3.63) is 68.4 Å². The lowest BCUT2D eigenvalue weighted by atomic mass is 9.98. The number of aryl methyl sites for hydroxylation is 1. The number of hydrogen-bond donors (Lipinski definition) is 1. The summed E-state index contributed by atoms with van der Waals surface area (Å²) in [5.41, 5.74) is 9.11. The van der Waals surface area contributed by atoms with Gasteiger partial charge in [0, 0.05) is 15.5 Å². The Kier molecular flexibility index (Phi) is 4.14. The van der Waals surface area contributed by atoms with Gasteiger partial charge in [0.15, 0.2) is 0 Å². The molecule has 1 atom stereocenters. The predicted octanol–water partition coefficient (Wildman–Crippen LogP) is 5.07. The van der Waals surface area contributed by atoms with Crippen molar-refractivity contribution in [3.63, 3.8) is 0 Å². The Morgan fingerprint density at radius 1 is 1.17 bits per heavy atom. The number of halogens is 4. The fourth-order valence-electron chi connectivity index (χ4n) is 2.63. The van der Waals surface area contributed by atoms with E-state index in [0.29, 0.717) is 5.69 Å². The fraction of sp³-hybridized carbons (Fsp3) is 0.176. The predicted molar refractivity (Wildman–Crippen MR) is 93.8 cm³/mol. The third-order valence-corrected chi connectivity index (χ3v) is 5.33. The fourth-order valence-corrected chi connectivity index (χ4v) is 3.30. The van der Waals surface area contributed by atoms with Crippen molar-refractivity contribution in [2.75, 3.05) is 4.90 Å². The van der Waals surface area contributed by atoms with Gasteiger partial charge in [0.1, 0.15) is 6.17 Å². The molecule has 3 rings (SSSR count). The molecule has 2 nitrogen and oxygen atoms in total. The molecule has 0 saturated carbocycles. The van der Waals surface area contributed by atoms with E-state index in [1.54, 1.807) is 17.2 Å².